The van der Waals surface area contributed by atoms with E-state index in [4.69, 9.17) is 0 Å². The number of hydrogen-bond acceptors (Lipinski definition) is 2. The number of aryl methyl sites for hydroxylation is 1. The van der Waals surface area contributed by atoms with Crippen molar-refractivity contribution in [2.24, 2.45) is 0 Å². The average molecular weight is 405 g/mol. The van der Waals surface area contributed by atoms with Crippen molar-refractivity contribution in [1.82, 2.24) is 9.88 Å². The number of aromatic nitrogens is 1. The first kappa shape index (κ1) is 20.2. The van der Waals surface area contributed by atoms with Gasteiger partial charge in [0.05, 0.1) is 0 Å². The number of amides is 1. The summed E-state index contributed by atoms with van der Waals surface area (Å²) in [6.07, 6.45) is 4.11. The third-order valence-electron chi connectivity index (χ3n) is 6.14. The number of nitrogens with one attached hydrogen (secondary N) is 1. The molecule has 0 fully saturated rings. The van der Waals surface area contributed by atoms with Gasteiger partial charge in [-0.3, -0.25) is 4.79 Å². The van der Waals surface area contributed by atoms with Crippen LogP contribution >= 0.6 is 0 Å². The second kappa shape index (κ2) is 8.74. The first-order valence-electron chi connectivity index (χ1n) is 10.7. The summed E-state index contributed by atoms with van der Waals surface area (Å²) in [4.78, 5) is 24.4. The van der Waals surface area contributed by atoms with Gasteiger partial charge < -0.3 is 15.0 Å². The van der Waals surface area contributed by atoms with Gasteiger partial charge in [-0.2, -0.15) is 0 Å². The first-order valence-corrected chi connectivity index (χ1v) is 10.7. The third kappa shape index (κ3) is 3.97. The number of para-hydroxylation sites is 1. The Morgan fingerprint density at radius 3 is 2.60 bits per heavy atom. The fraction of sp³-hybridized carbons (Fsp3) is 0.360. The van der Waals surface area contributed by atoms with Crippen LogP contribution in [-0.4, -0.2) is 27.6 Å². The number of carbonyl (C=O) groups is 2. The molecule has 5 nitrogen and oxygen atoms in total. The molecule has 2 N–H and O–H groups in total. The first-order chi connectivity index (χ1) is 14.6. The summed E-state index contributed by atoms with van der Waals surface area (Å²) < 4.78 is 2.01. The van der Waals surface area contributed by atoms with E-state index in [1.54, 1.807) is 0 Å². The molecular formula is C25H28N2O3. The van der Waals surface area contributed by atoms with Gasteiger partial charge in [0.25, 0.3) is 0 Å². The van der Waals surface area contributed by atoms with Crippen LogP contribution in [0.15, 0.2) is 54.6 Å². The van der Waals surface area contributed by atoms with E-state index in [0.29, 0.717) is 12.8 Å². The van der Waals surface area contributed by atoms with E-state index in [2.05, 4.69) is 11.4 Å². The van der Waals surface area contributed by atoms with E-state index in [-0.39, 0.29) is 11.9 Å². The molecule has 1 heterocycles. The third-order valence-corrected chi connectivity index (χ3v) is 6.14. The highest BCUT2D eigenvalue weighted by molar-refractivity contribution is 5.88. The monoisotopic (exact) mass is 404 g/mol. The summed E-state index contributed by atoms with van der Waals surface area (Å²) in [6, 6.07) is 17.6. The Balaban J connectivity index is 1.52. The van der Waals surface area contributed by atoms with Gasteiger partial charge in [-0.25, -0.2) is 4.79 Å². The van der Waals surface area contributed by atoms with Crippen LogP contribution in [0.5, 0.6) is 0 Å². The largest absolute Gasteiger partial charge is 0.480 e. The molecule has 0 spiro atoms. The number of carboxylic acid groups (broad SMARTS) is 1. The highest BCUT2D eigenvalue weighted by Crippen LogP contribution is 2.35. The van der Waals surface area contributed by atoms with Crippen molar-refractivity contribution in [3.05, 3.63) is 71.4 Å². The van der Waals surface area contributed by atoms with E-state index in [9.17, 15) is 14.7 Å². The molecule has 2 atom stereocenters. The van der Waals surface area contributed by atoms with Gasteiger partial charge in [0.2, 0.25) is 5.91 Å². The van der Waals surface area contributed by atoms with Crippen LogP contribution in [0.1, 0.15) is 49.0 Å². The zero-order valence-electron chi connectivity index (χ0n) is 17.3. The van der Waals surface area contributed by atoms with E-state index in [1.165, 1.54) is 11.1 Å². The fourth-order valence-electron chi connectivity index (χ4n) is 4.69. The van der Waals surface area contributed by atoms with Gasteiger partial charge >= 0.3 is 5.97 Å². The minimum absolute atomic E-state index is 0.0769. The molecule has 2 aromatic carbocycles. The van der Waals surface area contributed by atoms with Gasteiger partial charge in [-0.05, 0) is 49.3 Å². The molecule has 1 amide bonds. The van der Waals surface area contributed by atoms with Crippen LogP contribution in [-0.2, 0) is 28.9 Å². The number of rotatable bonds is 7. The number of fused-ring (bicyclic) bond motifs is 3. The van der Waals surface area contributed by atoms with E-state index in [1.807, 2.05) is 60.0 Å². The summed E-state index contributed by atoms with van der Waals surface area (Å²) in [6.45, 7) is 1.92. The molecule has 30 heavy (non-hydrogen) atoms. The Hall–Kier alpha value is -3.08. The van der Waals surface area contributed by atoms with Gasteiger partial charge in [-0.1, -0.05) is 55.5 Å². The number of aliphatic carboxylic acids is 1. The zero-order valence-corrected chi connectivity index (χ0v) is 17.3. The van der Waals surface area contributed by atoms with Crippen LogP contribution in [0.2, 0.25) is 0 Å². The Morgan fingerprint density at radius 2 is 1.87 bits per heavy atom. The predicted molar refractivity (Wildman–Crippen MR) is 118 cm³/mol. The van der Waals surface area contributed by atoms with Crippen molar-refractivity contribution in [3.8, 4) is 0 Å². The maximum absolute atomic E-state index is 12.5. The molecule has 0 aliphatic heterocycles. The number of nitrogens with zero attached hydrogens (tertiary/aromatic N) is 1. The summed E-state index contributed by atoms with van der Waals surface area (Å²) in [5.74, 6) is -0.717. The lowest BCUT2D eigenvalue weighted by Gasteiger charge is -2.26. The maximum Gasteiger partial charge on any atom is 0.326 e. The topological polar surface area (TPSA) is 71.3 Å². The highest BCUT2D eigenvalue weighted by atomic mass is 16.4. The normalized spacial score (nSPS) is 16.8. The quantitative estimate of drug-likeness (QED) is 0.617. The molecule has 0 bridgehead atoms. The maximum atomic E-state index is 12.5. The van der Waals surface area contributed by atoms with Crippen molar-refractivity contribution >= 4 is 22.8 Å². The molecule has 1 aromatic heterocycles. The summed E-state index contributed by atoms with van der Waals surface area (Å²) in [7, 11) is 0. The standard InChI is InChI=1S/C25H28N2O3/c1-2-21(25(29)30)27-22-11-7-6-10-19(22)20-16-18(13-14-23(20)27)26-24(28)15-12-17-8-4-3-5-9-17/h3-11,18,21H,2,12-16H2,1H3,(H,26,28)(H,29,30)/t18-,21?/m0/s1. The van der Waals surface area contributed by atoms with Gasteiger partial charge in [-0.15, -0.1) is 0 Å². The van der Waals surface area contributed by atoms with E-state index in [0.717, 1.165) is 42.3 Å². The molecule has 0 saturated heterocycles. The van der Waals surface area contributed by atoms with Crippen molar-refractivity contribution in [2.45, 2.75) is 57.5 Å². The lowest BCUT2D eigenvalue weighted by molar-refractivity contribution is -0.141. The molecule has 0 radical (unpaired) electrons. The number of carboxylic acids is 1. The number of hydrogen-bond donors (Lipinski definition) is 2. The lowest BCUT2D eigenvalue weighted by atomic mass is 9.91. The van der Waals surface area contributed by atoms with Crippen LogP contribution in [0.3, 0.4) is 0 Å². The SMILES string of the molecule is CCC(C(=O)O)n1c2c(c3ccccc31)C[C@@H](NC(=O)CCc1ccccc1)CC2. The predicted octanol–water partition coefficient (Wildman–Crippen LogP) is 4.28. The molecular weight excluding hydrogens is 376 g/mol. The van der Waals surface area contributed by atoms with Crippen molar-refractivity contribution < 1.29 is 14.7 Å². The van der Waals surface area contributed by atoms with Crippen LogP contribution < -0.4 is 5.32 Å². The van der Waals surface area contributed by atoms with Crippen LogP contribution in [0, 0.1) is 0 Å². The molecule has 156 valence electrons. The van der Waals surface area contributed by atoms with Crippen molar-refractivity contribution in [2.75, 3.05) is 0 Å². The number of carbonyl (C=O) groups excluding carboxylic acids is 1. The highest BCUT2D eigenvalue weighted by Gasteiger charge is 2.30. The molecule has 1 aliphatic rings. The van der Waals surface area contributed by atoms with E-state index >= 15 is 0 Å². The van der Waals surface area contributed by atoms with Crippen LogP contribution in [0.4, 0.5) is 0 Å². The Kier molecular flexibility index (Phi) is 5.88. The smallest absolute Gasteiger partial charge is 0.326 e. The molecule has 0 saturated carbocycles. The van der Waals surface area contributed by atoms with Crippen molar-refractivity contribution in [3.63, 3.8) is 0 Å². The van der Waals surface area contributed by atoms with Gasteiger partial charge in [0, 0.05) is 29.1 Å². The molecule has 5 heteroatoms. The molecule has 1 unspecified atom stereocenters. The molecule has 4 rings (SSSR count). The van der Waals surface area contributed by atoms with Gasteiger partial charge in [0.15, 0.2) is 0 Å². The fourth-order valence-corrected chi connectivity index (χ4v) is 4.69. The number of benzene rings is 2. The molecule has 3 aromatic rings. The average Bonchev–Trinajstić information content (AvgIpc) is 3.07. The second-order valence-corrected chi connectivity index (χ2v) is 8.07. The van der Waals surface area contributed by atoms with Crippen molar-refractivity contribution in [1.29, 1.82) is 0 Å². The Labute approximate surface area is 176 Å². The minimum Gasteiger partial charge on any atom is -0.480 e. The molecule has 1 aliphatic carbocycles. The summed E-state index contributed by atoms with van der Waals surface area (Å²) >= 11 is 0. The van der Waals surface area contributed by atoms with Gasteiger partial charge in [0.1, 0.15) is 6.04 Å². The lowest BCUT2D eigenvalue weighted by Crippen LogP contribution is -2.39. The Bertz CT molecular complexity index is 1050. The zero-order chi connectivity index (χ0) is 21.1. The summed E-state index contributed by atoms with van der Waals surface area (Å²) in [5.41, 5.74) is 4.44. The second-order valence-electron chi connectivity index (χ2n) is 8.07. The van der Waals surface area contributed by atoms with Crippen LogP contribution in [0.25, 0.3) is 10.9 Å². The van der Waals surface area contributed by atoms with E-state index < -0.39 is 12.0 Å². The minimum atomic E-state index is -0.794. The Morgan fingerprint density at radius 1 is 1.13 bits per heavy atom. The summed E-state index contributed by atoms with van der Waals surface area (Å²) in [5, 5.41) is 14.1.